The van der Waals surface area contributed by atoms with Gasteiger partial charge in [-0.3, -0.25) is 4.79 Å². The van der Waals surface area contributed by atoms with Gasteiger partial charge in [0.1, 0.15) is 22.8 Å². The molecule has 0 atom stereocenters. The predicted octanol–water partition coefficient (Wildman–Crippen LogP) is 2.64. The Morgan fingerprint density at radius 2 is 1.53 bits per heavy atom. The lowest BCUT2D eigenvalue weighted by Gasteiger charge is -2.12. The van der Waals surface area contributed by atoms with E-state index in [0.717, 1.165) is 0 Å². The van der Waals surface area contributed by atoms with Gasteiger partial charge in [0.25, 0.3) is 0 Å². The van der Waals surface area contributed by atoms with Crippen molar-refractivity contribution in [2.24, 2.45) is 0 Å². The van der Waals surface area contributed by atoms with Gasteiger partial charge in [-0.05, 0) is 0 Å². The topological polar surface area (TPSA) is 55.8 Å². The van der Waals surface area contributed by atoms with Gasteiger partial charge < -0.3 is 14.6 Å². The average molecular weight is 258 g/mol. The van der Waals surface area contributed by atoms with Crippen LogP contribution in [0, 0.1) is 0 Å². The highest BCUT2D eigenvalue weighted by atomic mass is 16.5. The summed E-state index contributed by atoms with van der Waals surface area (Å²) in [5, 5.41) is 9.56. The fourth-order valence-corrected chi connectivity index (χ4v) is 1.86. The molecule has 0 radical (unpaired) electrons. The smallest absolute Gasteiger partial charge is 0.200 e. The molecule has 0 bridgehead atoms. The van der Waals surface area contributed by atoms with Crippen molar-refractivity contribution < 1.29 is 19.4 Å². The van der Waals surface area contributed by atoms with Crippen molar-refractivity contribution in [1.29, 1.82) is 0 Å². The highest BCUT2D eigenvalue weighted by molar-refractivity contribution is 6.12. The molecule has 0 spiro atoms. The molecule has 0 aliphatic carbocycles. The number of phenols is 1. The summed E-state index contributed by atoms with van der Waals surface area (Å²) in [6.07, 6.45) is 0. The normalized spacial score (nSPS) is 10.0. The van der Waals surface area contributed by atoms with Gasteiger partial charge in [-0.15, -0.1) is 0 Å². The summed E-state index contributed by atoms with van der Waals surface area (Å²) in [5.74, 6) is 0.337. The van der Waals surface area contributed by atoms with E-state index in [2.05, 4.69) is 0 Å². The van der Waals surface area contributed by atoms with Crippen LogP contribution in [-0.2, 0) is 0 Å². The van der Waals surface area contributed by atoms with Gasteiger partial charge >= 0.3 is 0 Å². The first-order valence-corrected chi connectivity index (χ1v) is 5.72. The number of rotatable bonds is 4. The Labute approximate surface area is 111 Å². The number of carbonyl (C=O) groups is 1. The summed E-state index contributed by atoms with van der Waals surface area (Å²) in [5.41, 5.74) is 0.832. The zero-order valence-electron chi connectivity index (χ0n) is 10.7. The summed E-state index contributed by atoms with van der Waals surface area (Å²) in [7, 11) is 2.88. The van der Waals surface area contributed by atoms with Gasteiger partial charge in [0, 0.05) is 17.7 Å². The Kier molecular flexibility index (Phi) is 3.71. The Hall–Kier alpha value is -2.49. The van der Waals surface area contributed by atoms with E-state index < -0.39 is 0 Å². The van der Waals surface area contributed by atoms with E-state index in [0.29, 0.717) is 11.1 Å². The van der Waals surface area contributed by atoms with Crippen molar-refractivity contribution in [1.82, 2.24) is 0 Å². The molecule has 4 nitrogen and oxygen atoms in total. The maximum absolute atomic E-state index is 12.5. The summed E-state index contributed by atoms with van der Waals surface area (Å²) in [6, 6.07) is 11.6. The SMILES string of the molecule is COc1cc(O)cc(OC)c1C(=O)c1ccccc1. The Bertz CT molecular complexity index is 565. The second-order valence-corrected chi connectivity index (χ2v) is 3.92. The number of benzene rings is 2. The minimum absolute atomic E-state index is 0.0155. The molecule has 0 aliphatic heterocycles. The number of ether oxygens (including phenoxy) is 2. The zero-order chi connectivity index (χ0) is 13.8. The standard InChI is InChI=1S/C15H14O4/c1-18-12-8-11(16)9-13(19-2)14(12)15(17)10-6-4-3-5-7-10/h3-9,16H,1-2H3. The van der Waals surface area contributed by atoms with Crippen LogP contribution in [0.1, 0.15) is 15.9 Å². The van der Waals surface area contributed by atoms with Crippen molar-refractivity contribution in [2.45, 2.75) is 0 Å². The van der Waals surface area contributed by atoms with Gasteiger partial charge in [0.15, 0.2) is 0 Å². The summed E-state index contributed by atoms with van der Waals surface area (Å²) < 4.78 is 10.3. The summed E-state index contributed by atoms with van der Waals surface area (Å²) >= 11 is 0. The molecule has 4 heteroatoms. The highest BCUT2D eigenvalue weighted by Gasteiger charge is 2.20. The summed E-state index contributed by atoms with van der Waals surface area (Å²) in [4.78, 5) is 12.5. The highest BCUT2D eigenvalue weighted by Crippen LogP contribution is 2.35. The van der Waals surface area contributed by atoms with Crippen molar-refractivity contribution in [3.63, 3.8) is 0 Å². The van der Waals surface area contributed by atoms with Crippen LogP contribution in [0.5, 0.6) is 17.2 Å². The molecular formula is C15H14O4. The molecule has 0 saturated heterocycles. The van der Waals surface area contributed by atoms with E-state index >= 15 is 0 Å². The second kappa shape index (κ2) is 5.44. The molecule has 0 aliphatic rings. The van der Waals surface area contributed by atoms with Crippen molar-refractivity contribution in [3.05, 3.63) is 53.6 Å². The first-order chi connectivity index (χ1) is 9.17. The third-order valence-electron chi connectivity index (χ3n) is 2.75. The van der Waals surface area contributed by atoms with E-state index in [4.69, 9.17) is 9.47 Å². The molecular weight excluding hydrogens is 244 g/mol. The zero-order valence-corrected chi connectivity index (χ0v) is 10.7. The van der Waals surface area contributed by atoms with E-state index in [-0.39, 0.29) is 23.0 Å². The van der Waals surface area contributed by atoms with Gasteiger partial charge in [-0.2, -0.15) is 0 Å². The number of ketones is 1. The Morgan fingerprint density at radius 1 is 1.00 bits per heavy atom. The first kappa shape index (κ1) is 13.0. The van der Waals surface area contributed by atoms with Gasteiger partial charge in [-0.1, -0.05) is 30.3 Å². The monoisotopic (exact) mass is 258 g/mol. The van der Waals surface area contributed by atoms with E-state index in [9.17, 15) is 9.90 Å². The molecule has 0 aromatic heterocycles. The predicted molar refractivity (Wildman–Crippen MR) is 71.1 cm³/mol. The lowest BCUT2D eigenvalue weighted by Crippen LogP contribution is -2.06. The van der Waals surface area contributed by atoms with Crippen LogP contribution in [0.2, 0.25) is 0 Å². The average Bonchev–Trinajstić information content (AvgIpc) is 2.46. The maximum Gasteiger partial charge on any atom is 0.200 e. The Morgan fingerprint density at radius 3 is 2.00 bits per heavy atom. The fraction of sp³-hybridized carbons (Fsp3) is 0.133. The minimum Gasteiger partial charge on any atom is -0.508 e. The Balaban J connectivity index is 2.58. The number of carbonyl (C=O) groups excluding carboxylic acids is 1. The van der Waals surface area contributed by atoms with Crippen molar-refractivity contribution >= 4 is 5.78 Å². The molecule has 0 amide bonds. The van der Waals surface area contributed by atoms with E-state index in [1.807, 2.05) is 6.07 Å². The molecule has 2 rings (SSSR count). The van der Waals surface area contributed by atoms with Crippen LogP contribution in [0.4, 0.5) is 0 Å². The molecule has 2 aromatic carbocycles. The van der Waals surface area contributed by atoms with Crippen LogP contribution in [0.25, 0.3) is 0 Å². The van der Waals surface area contributed by atoms with E-state index in [1.54, 1.807) is 24.3 Å². The first-order valence-electron chi connectivity index (χ1n) is 5.72. The molecule has 0 heterocycles. The van der Waals surface area contributed by atoms with Crippen LogP contribution in [0.15, 0.2) is 42.5 Å². The van der Waals surface area contributed by atoms with Crippen molar-refractivity contribution in [3.8, 4) is 17.2 Å². The van der Waals surface area contributed by atoms with Crippen LogP contribution in [-0.4, -0.2) is 25.1 Å². The fourth-order valence-electron chi connectivity index (χ4n) is 1.86. The van der Waals surface area contributed by atoms with Crippen molar-refractivity contribution in [2.75, 3.05) is 14.2 Å². The van der Waals surface area contributed by atoms with Crippen LogP contribution < -0.4 is 9.47 Å². The number of hydrogen-bond donors (Lipinski definition) is 1. The van der Waals surface area contributed by atoms with Crippen LogP contribution in [0.3, 0.4) is 0 Å². The molecule has 2 aromatic rings. The molecule has 0 fully saturated rings. The largest absolute Gasteiger partial charge is 0.508 e. The quantitative estimate of drug-likeness (QED) is 0.856. The lowest BCUT2D eigenvalue weighted by atomic mass is 10.0. The second-order valence-electron chi connectivity index (χ2n) is 3.92. The lowest BCUT2D eigenvalue weighted by molar-refractivity contribution is 0.103. The van der Waals surface area contributed by atoms with Gasteiger partial charge in [0.2, 0.25) is 5.78 Å². The minimum atomic E-state index is -0.214. The van der Waals surface area contributed by atoms with Gasteiger partial charge in [0.05, 0.1) is 14.2 Å². The molecule has 0 saturated carbocycles. The number of hydrogen-bond acceptors (Lipinski definition) is 4. The molecule has 0 unspecified atom stereocenters. The third kappa shape index (κ3) is 2.52. The number of phenolic OH excluding ortho intramolecular Hbond substituents is 1. The molecule has 98 valence electrons. The molecule has 19 heavy (non-hydrogen) atoms. The number of aromatic hydroxyl groups is 1. The molecule has 1 N–H and O–H groups in total. The van der Waals surface area contributed by atoms with Gasteiger partial charge in [-0.25, -0.2) is 0 Å². The summed E-state index contributed by atoms with van der Waals surface area (Å²) in [6.45, 7) is 0. The van der Waals surface area contributed by atoms with Crippen LogP contribution >= 0.6 is 0 Å². The van der Waals surface area contributed by atoms with E-state index in [1.165, 1.54) is 26.4 Å². The maximum atomic E-state index is 12.5. The number of methoxy groups -OCH3 is 2. The third-order valence-corrected chi connectivity index (χ3v) is 2.75.